The number of unbranched alkanes of at least 4 members (excludes halogenated alkanes) is 5. The van der Waals surface area contributed by atoms with Gasteiger partial charge in [-0.1, -0.05) is 46.0 Å². The Hall–Kier alpha value is -0.830. The zero-order valence-corrected chi connectivity index (χ0v) is 14.1. The molecule has 0 aliphatic carbocycles. The molecule has 0 saturated carbocycles. The highest BCUT2D eigenvalue weighted by Crippen LogP contribution is 2.22. The maximum atomic E-state index is 4.54. The topological polar surface area (TPSA) is 21.1 Å². The normalized spacial score (nSPS) is 17.4. The van der Waals surface area contributed by atoms with Gasteiger partial charge in [-0.2, -0.15) is 5.10 Å². The molecule has 1 fully saturated rings. The van der Waals surface area contributed by atoms with Gasteiger partial charge in [0.1, 0.15) is 0 Å². The van der Waals surface area contributed by atoms with E-state index in [9.17, 15) is 0 Å². The summed E-state index contributed by atoms with van der Waals surface area (Å²) < 4.78 is 2.21. The molecule has 1 aromatic heterocycles. The van der Waals surface area contributed by atoms with E-state index in [4.69, 9.17) is 0 Å². The minimum atomic E-state index is 0.631. The molecule has 1 saturated heterocycles. The summed E-state index contributed by atoms with van der Waals surface area (Å²) in [6.45, 7) is 8.29. The first kappa shape index (κ1) is 16.5. The number of likely N-dealkylation sites (tertiary alicyclic amines) is 1. The molecule has 3 heteroatoms. The van der Waals surface area contributed by atoms with E-state index in [-0.39, 0.29) is 0 Å². The molecule has 0 spiro atoms. The maximum Gasteiger partial charge on any atom is 0.0543 e. The molecule has 0 N–H and O–H groups in total. The van der Waals surface area contributed by atoms with E-state index in [2.05, 4.69) is 34.7 Å². The SMILES string of the molecule is CCCCCCCCN1CCC(n2cc(CC)cn2)CC1. The lowest BCUT2D eigenvalue weighted by Crippen LogP contribution is -2.35. The van der Waals surface area contributed by atoms with Crippen molar-refractivity contribution in [3.05, 3.63) is 18.0 Å². The second kappa shape index (κ2) is 9.24. The van der Waals surface area contributed by atoms with Crippen LogP contribution in [-0.2, 0) is 6.42 Å². The van der Waals surface area contributed by atoms with Gasteiger partial charge in [0, 0.05) is 19.3 Å². The van der Waals surface area contributed by atoms with Crippen molar-refractivity contribution in [3.63, 3.8) is 0 Å². The third-order valence-corrected chi connectivity index (χ3v) is 4.82. The highest BCUT2D eigenvalue weighted by Gasteiger charge is 2.20. The molecule has 1 aromatic rings. The summed E-state index contributed by atoms with van der Waals surface area (Å²) in [5, 5.41) is 4.54. The van der Waals surface area contributed by atoms with Crippen LogP contribution >= 0.6 is 0 Å². The van der Waals surface area contributed by atoms with Crippen LogP contribution in [0.1, 0.15) is 76.8 Å². The van der Waals surface area contributed by atoms with Gasteiger partial charge in [-0.3, -0.25) is 4.68 Å². The number of hydrogen-bond acceptors (Lipinski definition) is 2. The summed E-state index contributed by atoms with van der Waals surface area (Å²) in [7, 11) is 0. The number of hydrogen-bond donors (Lipinski definition) is 0. The van der Waals surface area contributed by atoms with Crippen LogP contribution in [-0.4, -0.2) is 34.3 Å². The molecule has 21 heavy (non-hydrogen) atoms. The van der Waals surface area contributed by atoms with Gasteiger partial charge in [0.15, 0.2) is 0 Å². The van der Waals surface area contributed by atoms with Crippen molar-refractivity contribution in [1.82, 2.24) is 14.7 Å². The summed E-state index contributed by atoms with van der Waals surface area (Å²) in [5.41, 5.74) is 1.37. The highest BCUT2D eigenvalue weighted by molar-refractivity contribution is 5.04. The van der Waals surface area contributed by atoms with Crippen LogP contribution in [0, 0.1) is 0 Å². The molecule has 0 atom stereocenters. The molecule has 0 radical (unpaired) electrons. The Labute approximate surface area is 130 Å². The van der Waals surface area contributed by atoms with Crippen LogP contribution in [0.5, 0.6) is 0 Å². The van der Waals surface area contributed by atoms with Gasteiger partial charge in [-0.05, 0) is 37.8 Å². The molecular weight excluding hydrogens is 258 g/mol. The lowest BCUT2D eigenvalue weighted by Gasteiger charge is -2.32. The number of aryl methyl sites for hydroxylation is 1. The number of nitrogens with zero attached hydrogens (tertiary/aromatic N) is 3. The first-order valence-electron chi connectivity index (χ1n) is 9.08. The van der Waals surface area contributed by atoms with Crippen molar-refractivity contribution < 1.29 is 0 Å². The fraction of sp³-hybridized carbons (Fsp3) is 0.833. The summed E-state index contributed by atoms with van der Waals surface area (Å²) in [6, 6.07) is 0.631. The van der Waals surface area contributed by atoms with Gasteiger partial charge < -0.3 is 4.90 Å². The average molecular weight is 291 g/mol. The van der Waals surface area contributed by atoms with Crippen LogP contribution in [0.3, 0.4) is 0 Å². The van der Waals surface area contributed by atoms with E-state index in [0.29, 0.717) is 6.04 Å². The Morgan fingerprint density at radius 3 is 2.43 bits per heavy atom. The van der Waals surface area contributed by atoms with Gasteiger partial charge >= 0.3 is 0 Å². The molecule has 2 heterocycles. The predicted octanol–water partition coefficient (Wildman–Crippen LogP) is 4.44. The largest absolute Gasteiger partial charge is 0.303 e. The molecule has 1 aliphatic heterocycles. The van der Waals surface area contributed by atoms with Crippen molar-refractivity contribution in [2.24, 2.45) is 0 Å². The lowest BCUT2D eigenvalue weighted by atomic mass is 10.0. The smallest absolute Gasteiger partial charge is 0.0543 e. The lowest BCUT2D eigenvalue weighted by molar-refractivity contribution is 0.177. The Kier molecular flexibility index (Phi) is 7.28. The highest BCUT2D eigenvalue weighted by atomic mass is 15.3. The fourth-order valence-corrected chi connectivity index (χ4v) is 3.28. The molecule has 3 nitrogen and oxygen atoms in total. The minimum absolute atomic E-state index is 0.631. The Balaban J connectivity index is 1.59. The predicted molar refractivity (Wildman–Crippen MR) is 89.7 cm³/mol. The van der Waals surface area contributed by atoms with E-state index >= 15 is 0 Å². The summed E-state index contributed by atoms with van der Waals surface area (Å²) >= 11 is 0. The van der Waals surface area contributed by atoms with Gasteiger partial charge in [-0.15, -0.1) is 0 Å². The molecule has 0 aromatic carbocycles. The van der Waals surface area contributed by atoms with Crippen LogP contribution in [0.15, 0.2) is 12.4 Å². The van der Waals surface area contributed by atoms with E-state index in [1.165, 1.54) is 76.6 Å². The second-order valence-electron chi connectivity index (χ2n) is 6.52. The Morgan fingerprint density at radius 2 is 1.76 bits per heavy atom. The van der Waals surface area contributed by atoms with Crippen molar-refractivity contribution >= 4 is 0 Å². The third kappa shape index (κ3) is 5.46. The Morgan fingerprint density at radius 1 is 1.05 bits per heavy atom. The third-order valence-electron chi connectivity index (χ3n) is 4.82. The maximum absolute atomic E-state index is 4.54. The van der Waals surface area contributed by atoms with Crippen molar-refractivity contribution in [3.8, 4) is 0 Å². The quantitative estimate of drug-likeness (QED) is 0.627. The van der Waals surface area contributed by atoms with E-state index in [0.717, 1.165) is 6.42 Å². The number of rotatable bonds is 9. The first-order valence-corrected chi connectivity index (χ1v) is 9.08. The van der Waals surface area contributed by atoms with Crippen LogP contribution in [0.2, 0.25) is 0 Å². The van der Waals surface area contributed by atoms with Gasteiger partial charge in [0.05, 0.1) is 12.2 Å². The number of piperidine rings is 1. The summed E-state index contributed by atoms with van der Waals surface area (Å²) in [6.07, 6.45) is 16.3. The zero-order chi connectivity index (χ0) is 14.9. The van der Waals surface area contributed by atoms with Crippen molar-refractivity contribution in [2.75, 3.05) is 19.6 Å². The molecular formula is C18H33N3. The van der Waals surface area contributed by atoms with Crippen LogP contribution in [0.25, 0.3) is 0 Å². The standard InChI is InChI=1S/C18H33N3/c1-3-5-6-7-8-9-12-20-13-10-18(11-14-20)21-16-17(4-2)15-19-21/h15-16,18H,3-14H2,1-2H3. The summed E-state index contributed by atoms with van der Waals surface area (Å²) in [4.78, 5) is 2.65. The molecule has 2 rings (SSSR count). The fourth-order valence-electron chi connectivity index (χ4n) is 3.28. The monoisotopic (exact) mass is 291 g/mol. The molecule has 0 amide bonds. The van der Waals surface area contributed by atoms with Gasteiger partial charge in [0.2, 0.25) is 0 Å². The second-order valence-corrected chi connectivity index (χ2v) is 6.52. The minimum Gasteiger partial charge on any atom is -0.303 e. The van der Waals surface area contributed by atoms with Gasteiger partial charge in [0.25, 0.3) is 0 Å². The van der Waals surface area contributed by atoms with Crippen LogP contribution in [0.4, 0.5) is 0 Å². The van der Waals surface area contributed by atoms with Crippen molar-refractivity contribution in [2.45, 2.75) is 77.7 Å². The van der Waals surface area contributed by atoms with E-state index in [1.807, 2.05) is 6.20 Å². The van der Waals surface area contributed by atoms with Crippen molar-refractivity contribution in [1.29, 1.82) is 0 Å². The Bertz CT molecular complexity index is 378. The van der Waals surface area contributed by atoms with Gasteiger partial charge in [-0.25, -0.2) is 0 Å². The van der Waals surface area contributed by atoms with E-state index < -0.39 is 0 Å². The molecule has 0 bridgehead atoms. The molecule has 0 unspecified atom stereocenters. The molecule has 120 valence electrons. The molecule has 1 aliphatic rings. The van der Waals surface area contributed by atoms with Crippen LogP contribution < -0.4 is 0 Å². The van der Waals surface area contributed by atoms with E-state index in [1.54, 1.807) is 0 Å². The average Bonchev–Trinajstić information content (AvgIpc) is 3.00. The zero-order valence-electron chi connectivity index (χ0n) is 14.1. The summed E-state index contributed by atoms with van der Waals surface area (Å²) in [5.74, 6) is 0. The number of aromatic nitrogens is 2. The first-order chi connectivity index (χ1) is 10.3.